The van der Waals surface area contributed by atoms with Crippen LogP contribution in [0.3, 0.4) is 0 Å². The average Bonchev–Trinajstić information content (AvgIpc) is 3.15. The van der Waals surface area contributed by atoms with E-state index in [2.05, 4.69) is 5.32 Å². The van der Waals surface area contributed by atoms with Gasteiger partial charge in [-0.25, -0.2) is 0 Å². The van der Waals surface area contributed by atoms with Crippen molar-refractivity contribution in [2.24, 2.45) is 0 Å². The molecule has 0 saturated carbocycles. The van der Waals surface area contributed by atoms with Crippen LogP contribution in [0.25, 0.3) is 0 Å². The van der Waals surface area contributed by atoms with Crippen LogP contribution in [0.2, 0.25) is 5.02 Å². The molecule has 0 radical (unpaired) electrons. The van der Waals surface area contributed by atoms with Crippen LogP contribution in [0.5, 0.6) is 0 Å². The molecule has 2 aromatic carbocycles. The fourth-order valence-corrected chi connectivity index (χ4v) is 4.99. The third kappa shape index (κ3) is 3.17. The number of hydrogen-bond donors (Lipinski definition) is 1. The number of hydrogen-bond acceptors (Lipinski definition) is 3. The maximum absolute atomic E-state index is 12.9. The molecule has 2 amide bonds. The number of thioether (sulfide) groups is 1. The summed E-state index contributed by atoms with van der Waals surface area (Å²) in [6, 6.07) is 9.22. The first kappa shape index (κ1) is 18.2. The van der Waals surface area contributed by atoms with Crippen LogP contribution in [0, 0.1) is 0 Å². The molecule has 2 aromatic rings. The Morgan fingerprint density at radius 3 is 2.70 bits per heavy atom. The van der Waals surface area contributed by atoms with E-state index in [9.17, 15) is 22.8 Å². The van der Waals surface area contributed by atoms with E-state index >= 15 is 0 Å². The number of halogens is 4. The molecule has 4 nitrogen and oxygen atoms in total. The predicted octanol–water partition coefficient (Wildman–Crippen LogP) is 4.57. The maximum Gasteiger partial charge on any atom is 0.416 e. The van der Waals surface area contributed by atoms with Gasteiger partial charge in [0, 0.05) is 22.0 Å². The van der Waals surface area contributed by atoms with Crippen molar-refractivity contribution in [3.8, 4) is 0 Å². The van der Waals surface area contributed by atoms with Crippen LogP contribution in [0.15, 0.2) is 42.5 Å². The van der Waals surface area contributed by atoms with E-state index in [-0.39, 0.29) is 22.0 Å². The minimum atomic E-state index is -4.58. The lowest BCUT2D eigenvalue weighted by atomic mass is 10.1. The zero-order chi connectivity index (χ0) is 19.3. The van der Waals surface area contributed by atoms with Gasteiger partial charge in [-0.3, -0.25) is 9.59 Å². The van der Waals surface area contributed by atoms with Gasteiger partial charge in [-0.05, 0) is 29.8 Å². The van der Waals surface area contributed by atoms with Gasteiger partial charge in [0.1, 0.15) is 11.4 Å². The van der Waals surface area contributed by atoms with Crippen LogP contribution < -0.4 is 5.32 Å². The second-order valence-corrected chi connectivity index (χ2v) is 7.77. The molecule has 0 spiro atoms. The number of carbonyl (C=O) groups is 2. The van der Waals surface area contributed by atoms with Crippen LogP contribution in [0.1, 0.15) is 26.9 Å². The fraction of sp³-hybridized carbons (Fsp3) is 0.222. The zero-order valence-electron chi connectivity index (χ0n) is 13.6. The van der Waals surface area contributed by atoms with E-state index in [4.69, 9.17) is 11.6 Å². The average molecular weight is 413 g/mol. The quantitative estimate of drug-likeness (QED) is 0.786. The van der Waals surface area contributed by atoms with Crippen molar-refractivity contribution in [1.82, 2.24) is 4.90 Å². The van der Waals surface area contributed by atoms with Gasteiger partial charge in [-0.1, -0.05) is 29.8 Å². The summed E-state index contributed by atoms with van der Waals surface area (Å²) in [4.78, 5) is 26.8. The van der Waals surface area contributed by atoms with Crippen LogP contribution >= 0.6 is 23.4 Å². The summed E-state index contributed by atoms with van der Waals surface area (Å²) >= 11 is 7.21. The molecule has 27 heavy (non-hydrogen) atoms. The van der Waals surface area contributed by atoms with Gasteiger partial charge in [-0.15, -0.1) is 11.8 Å². The summed E-state index contributed by atoms with van der Waals surface area (Å²) in [6.07, 6.45) is -4.58. The number of rotatable bonds is 2. The first-order valence-corrected chi connectivity index (χ1v) is 9.40. The number of benzene rings is 2. The fourth-order valence-electron chi connectivity index (χ4n) is 3.29. The van der Waals surface area contributed by atoms with Gasteiger partial charge in [0.2, 0.25) is 5.91 Å². The summed E-state index contributed by atoms with van der Waals surface area (Å²) in [5.41, 5.74) is 0.394. The highest BCUT2D eigenvalue weighted by molar-refractivity contribution is 7.99. The number of fused-ring (bicyclic) bond motifs is 3. The molecule has 9 heteroatoms. The normalized spacial score (nSPS) is 21.2. The molecule has 0 bridgehead atoms. The Balaban J connectivity index is 1.57. The molecule has 2 heterocycles. The Bertz CT molecular complexity index is 950. The molecular weight excluding hydrogens is 401 g/mol. The van der Waals surface area contributed by atoms with Gasteiger partial charge >= 0.3 is 6.18 Å². The highest BCUT2D eigenvalue weighted by Crippen LogP contribution is 2.48. The van der Waals surface area contributed by atoms with E-state index in [1.54, 1.807) is 12.1 Å². The minimum absolute atomic E-state index is 0.0579. The second kappa shape index (κ2) is 6.45. The number of anilines is 1. The highest BCUT2D eigenvalue weighted by atomic mass is 35.5. The lowest BCUT2D eigenvalue weighted by Gasteiger charge is -2.22. The van der Waals surface area contributed by atoms with Gasteiger partial charge in [0.05, 0.1) is 5.56 Å². The van der Waals surface area contributed by atoms with Crippen molar-refractivity contribution in [2.75, 3.05) is 11.1 Å². The van der Waals surface area contributed by atoms with E-state index in [0.717, 1.165) is 17.7 Å². The summed E-state index contributed by atoms with van der Waals surface area (Å²) < 4.78 is 38.8. The van der Waals surface area contributed by atoms with E-state index in [1.165, 1.54) is 22.7 Å². The van der Waals surface area contributed by atoms with Crippen molar-refractivity contribution in [1.29, 1.82) is 0 Å². The van der Waals surface area contributed by atoms with Crippen molar-refractivity contribution in [2.45, 2.75) is 17.6 Å². The molecular formula is C18H12ClF3N2O2S. The minimum Gasteiger partial charge on any atom is -0.324 e. The monoisotopic (exact) mass is 412 g/mol. The van der Waals surface area contributed by atoms with E-state index < -0.39 is 23.7 Å². The number of nitrogens with one attached hydrogen (secondary N) is 1. The molecule has 1 saturated heterocycles. The van der Waals surface area contributed by atoms with Crippen molar-refractivity contribution >= 4 is 40.9 Å². The largest absolute Gasteiger partial charge is 0.416 e. The second-order valence-electron chi connectivity index (χ2n) is 6.22. The Hall–Kier alpha value is -2.19. The SMILES string of the molecule is O=C(Nc1cc(Cl)cc(C(F)(F)F)c1)[C@@H]1CS[C@@H]2c3ccccc3C(=O)N21. The molecule has 1 fully saturated rings. The Kier molecular flexibility index (Phi) is 4.35. The molecule has 2 aliphatic rings. The number of alkyl halides is 3. The van der Waals surface area contributed by atoms with E-state index in [0.29, 0.717) is 11.3 Å². The molecule has 1 N–H and O–H groups in total. The topological polar surface area (TPSA) is 49.4 Å². The molecule has 4 rings (SSSR count). The molecule has 2 atom stereocenters. The van der Waals surface area contributed by atoms with Crippen molar-refractivity contribution in [3.63, 3.8) is 0 Å². The van der Waals surface area contributed by atoms with Crippen LogP contribution in [0.4, 0.5) is 18.9 Å². The van der Waals surface area contributed by atoms with Gasteiger partial charge < -0.3 is 10.2 Å². The molecule has 0 aliphatic carbocycles. The Labute approximate surface area is 161 Å². The first-order chi connectivity index (χ1) is 12.8. The zero-order valence-corrected chi connectivity index (χ0v) is 15.2. The summed E-state index contributed by atoms with van der Waals surface area (Å²) in [7, 11) is 0. The number of nitrogens with zero attached hydrogens (tertiary/aromatic N) is 1. The smallest absolute Gasteiger partial charge is 0.324 e. The van der Waals surface area contributed by atoms with Gasteiger partial charge in [-0.2, -0.15) is 13.2 Å². The van der Waals surface area contributed by atoms with Crippen molar-refractivity contribution < 1.29 is 22.8 Å². The number of amides is 2. The third-order valence-corrected chi connectivity index (χ3v) is 6.01. The first-order valence-electron chi connectivity index (χ1n) is 7.97. The van der Waals surface area contributed by atoms with Gasteiger partial charge in [0.15, 0.2) is 0 Å². The molecule has 0 aromatic heterocycles. The summed E-state index contributed by atoms with van der Waals surface area (Å²) in [5, 5.41) is 2.08. The lowest BCUT2D eigenvalue weighted by molar-refractivity contribution is -0.137. The predicted molar refractivity (Wildman–Crippen MR) is 96.7 cm³/mol. The third-order valence-electron chi connectivity index (χ3n) is 4.49. The molecule has 2 aliphatic heterocycles. The Morgan fingerprint density at radius 2 is 1.96 bits per heavy atom. The Morgan fingerprint density at radius 1 is 1.22 bits per heavy atom. The lowest BCUT2D eigenvalue weighted by Crippen LogP contribution is -2.42. The standard InChI is InChI=1S/C18H12ClF3N2O2S/c19-10-5-9(18(20,21)22)6-11(7-10)23-15(25)14-8-27-17-13-4-2-1-3-12(13)16(26)24(14)17/h1-7,14,17H,8H2,(H,23,25)/t14-,17+/m0/s1. The summed E-state index contributed by atoms with van der Waals surface area (Å²) in [6.45, 7) is 0. The van der Waals surface area contributed by atoms with Crippen LogP contribution in [-0.4, -0.2) is 28.5 Å². The molecule has 0 unspecified atom stereocenters. The molecule has 140 valence electrons. The van der Waals surface area contributed by atoms with Gasteiger partial charge in [0.25, 0.3) is 5.91 Å². The summed E-state index contributed by atoms with van der Waals surface area (Å²) in [5.74, 6) is -0.423. The maximum atomic E-state index is 12.9. The van der Waals surface area contributed by atoms with Crippen LogP contribution in [-0.2, 0) is 11.0 Å². The van der Waals surface area contributed by atoms with Crippen molar-refractivity contribution in [3.05, 3.63) is 64.2 Å². The number of carbonyl (C=O) groups excluding carboxylic acids is 2. The van der Waals surface area contributed by atoms with E-state index in [1.807, 2.05) is 12.1 Å². The highest BCUT2D eigenvalue weighted by Gasteiger charge is 2.48.